The molecule has 1 atom stereocenters. The molecule has 1 aromatic heterocycles. The van der Waals surface area contributed by atoms with Gasteiger partial charge in [0.05, 0.1) is 0 Å². The highest BCUT2D eigenvalue weighted by Crippen LogP contribution is 2.09. The van der Waals surface area contributed by atoms with E-state index >= 15 is 0 Å². The molecule has 1 heterocycles. The van der Waals surface area contributed by atoms with Crippen molar-refractivity contribution in [1.82, 2.24) is 14.3 Å². The van der Waals surface area contributed by atoms with Gasteiger partial charge >= 0.3 is 5.97 Å². The molecule has 2 N–H and O–H groups in total. The maximum Gasteiger partial charge on any atom is 0.303 e. The van der Waals surface area contributed by atoms with E-state index in [0.717, 1.165) is 0 Å². The third kappa shape index (κ3) is 4.64. The van der Waals surface area contributed by atoms with Gasteiger partial charge in [-0.3, -0.25) is 4.79 Å². The Bertz CT molecular complexity index is 531. The Morgan fingerprint density at radius 2 is 2.21 bits per heavy atom. The van der Waals surface area contributed by atoms with Gasteiger partial charge < -0.3 is 9.67 Å². The van der Waals surface area contributed by atoms with E-state index in [0.29, 0.717) is 12.2 Å². The van der Waals surface area contributed by atoms with E-state index < -0.39 is 16.0 Å². The van der Waals surface area contributed by atoms with Gasteiger partial charge in [-0.15, -0.1) is 0 Å². The van der Waals surface area contributed by atoms with Crippen molar-refractivity contribution in [3.63, 3.8) is 0 Å². The van der Waals surface area contributed by atoms with Gasteiger partial charge in [0, 0.05) is 26.2 Å². The third-order valence-corrected chi connectivity index (χ3v) is 4.13. The normalized spacial score (nSPS) is 13.4. The van der Waals surface area contributed by atoms with Crippen molar-refractivity contribution in [1.29, 1.82) is 0 Å². The Kier molecular flexibility index (Phi) is 5.07. The van der Waals surface area contributed by atoms with Crippen LogP contribution in [-0.4, -0.2) is 35.6 Å². The van der Waals surface area contributed by atoms with Crippen LogP contribution in [0, 0.1) is 12.8 Å². The van der Waals surface area contributed by atoms with Crippen LogP contribution in [0.5, 0.6) is 0 Å². The fourth-order valence-electron chi connectivity index (χ4n) is 1.45. The first-order valence-corrected chi connectivity index (χ1v) is 7.42. The van der Waals surface area contributed by atoms with Crippen LogP contribution in [-0.2, 0) is 21.9 Å². The lowest BCUT2D eigenvalue weighted by Crippen LogP contribution is -2.29. The molecular formula is C11H19N3O4S. The minimum absolute atomic E-state index is 0.0158. The number of nitrogens with zero attached hydrogens (tertiary/aromatic N) is 2. The quantitative estimate of drug-likeness (QED) is 0.761. The molecule has 0 aliphatic carbocycles. The number of hydrogen-bond acceptors (Lipinski definition) is 4. The molecule has 1 unspecified atom stereocenters. The average molecular weight is 289 g/mol. The highest BCUT2D eigenvalue weighted by Gasteiger charge is 2.19. The molecule has 1 aromatic rings. The van der Waals surface area contributed by atoms with Crippen molar-refractivity contribution in [3.8, 4) is 0 Å². The first-order chi connectivity index (χ1) is 8.72. The minimum Gasteiger partial charge on any atom is -0.481 e. The topological polar surface area (TPSA) is 101 Å². The molecule has 1 rings (SSSR count). The SMILES string of the molecule is Cc1nc(S(=O)(=O)NCC(C)CCC(=O)O)cn1C. The largest absolute Gasteiger partial charge is 0.481 e. The maximum absolute atomic E-state index is 11.9. The Balaban J connectivity index is 2.58. The number of nitrogens with one attached hydrogen (secondary N) is 1. The van der Waals surface area contributed by atoms with E-state index in [1.54, 1.807) is 25.5 Å². The molecule has 19 heavy (non-hydrogen) atoms. The van der Waals surface area contributed by atoms with Gasteiger partial charge in [-0.2, -0.15) is 0 Å². The predicted molar refractivity (Wildman–Crippen MR) is 69.2 cm³/mol. The highest BCUT2D eigenvalue weighted by atomic mass is 32.2. The second kappa shape index (κ2) is 6.16. The second-order valence-electron chi connectivity index (χ2n) is 4.63. The summed E-state index contributed by atoms with van der Waals surface area (Å²) in [5.74, 6) is -0.315. The van der Waals surface area contributed by atoms with E-state index in [1.165, 1.54) is 6.20 Å². The summed E-state index contributed by atoms with van der Waals surface area (Å²) in [7, 11) is -1.91. The van der Waals surface area contributed by atoms with Crippen LogP contribution in [0.1, 0.15) is 25.6 Å². The smallest absolute Gasteiger partial charge is 0.303 e. The van der Waals surface area contributed by atoms with E-state index in [2.05, 4.69) is 9.71 Å². The first-order valence-electron chi connectivity index (χ1n) is 5.94. The van der Waals surface area contributed by atoms with Crippen LogP contribution in [0.4, 0.5) is 0 Å². The predicted octanol–water partition coefficient (Wildman–Crippen LogP) is 0.508. The Labute approximate surface area is 112 Å². The number of aliphatic carboxylic acids is 1. The molecule has 0 radical (unpaired) electrons. The molecule has 0 spiro atoms. The fraction of sp³-hybridized carbons (Fsp3) is 0.636. The van der Waals surface area contributed by atoms with Gasteiger partial charge in [-0.1, -0.05) is 6.92 Å². The van der Waals surface area contributed by atoms with Gasteiger partial charge in [-0.25, -0.2) is 18.1 Å². The van der Waals surface area contributed by atoms with Gasteiger partial charge in [-0.05, 0) is 19.3 Å². The summed E-state index contributed by atoms with van der Waals surface area (Å²) >= 11 is 0. The van der Waals surface area contributed by atoms with E-state index in [4.69, 9.17) is 5.11 Å². The second-order valence-corrected chi connectivity index (χ2v) is 6.34. The van der Waals surface area contributed by atoms with Crippen molar-refractivity contribution in [2.45, 2.75) is 31.7 Å². The molecule has 0 saturated heterocycles. The minimum atomic E-state index is -3.62. The zero-order chi connectivity index (χ0) is 14.6. The highest BCUT2D eigenvalue weighted by molar-refractivity contribution is 7.89. The molecule has 0 amide bonds. The molecular weight excluding hydrogens is 270 g/mol. The zero-order valence-electron chi connectivity index (χ0n) is 11.3. The monoisotopic (exact) mass is 289 g/mol. The first kappa shape index (κ1) is 15.6. The molecule has 0 aliphatic rings. The lowest BCUT2D eigenvalue weighted by atomic mass is 10.1. The number of imidazole rings is 1. The number of hydrogen-bond donors (Lipinski definition) is 2. The molecule has 0 fully saturated rings. The van der Waals surface area contributed by atoms with Crippen LogP contribution in [0.15, 0.2) is 11.2 Å². The summed E-state index contributed by atoms with van der Waals surface area (Å²) in [4.78, 5) is 14.4. The Hall–Kier alpha value is -1.41. The lowest BCUT2D eigenvalue weighted by molar-refractivity contribution is -0.137. The van der Waals surface area contributed by atoms with Gasteiger partial charge in [0.25, 0.3) is 10.0 Å². The van der Waals surface area contributed by atoms with Gasteiger partial charge in [0.1, 0.15) is 5.82 Å². The van der Waals surface area contributed by atoms with Crippen molar-refractivity contribution < 1.29 is 18.3 Å². The Morgan fingerprint density at radius 3 is 2.68 bits per heavy atom. The number of sulfonamides is 1. The molecule has 0 aromatic carbocycles. The van der Waals surface area contributed by atoms with Crippen molar-refractivity contribution in [2.75, 3.05) is 6.54 Å². The maximum atomic E-state index is 11.9. The molecule has 0 aliphatic heterocycles. The summed E-state index contributed by atoms with van der Waals surface area (Å²) < 4.78 is 27.9. The van der Waals surface area contributed by atoms with E-state index in [9.17, 15) is 13.2 Å². The van der Waals surface area contributed by atoms with Crippen molar-refractivity contribution >= 4 is 16.0 Å². The van der Waals surface area contributed by atoms with Gasteiger partial charge in [0.2, 0.25) is 0 Å². The van der Waals surface area contributed by atoms with Crippen molar-refractivity contribution in [3.05, 3.63) is 12.0 Å². The number of carboxylic acid groups (broad SMARTS) is 1. The van der Waals surface area contributed by atoms with Crippen LogP contribution in [0.25, 0.3) is 0 Å². The van der Waals surface area contributed by atoms with E-state index in [1.807, 2.05) is 0 Å². The molecule has 0 bridgehead atoms. The summed E-state index contributed by atoms with van der Waals surface area (Å²) in [6, 6.07) is 0. The van der Waals surface area contributed by atoms with Crippen molar-refractivity contribution in [2.24, 2.45) is 13.0 Å². The fourth-order valence-corrected chi connectivity index (χ4v) is 2.65. The summed E-state index contributed by atoms with van der Waals surface area (Å²) in [6.45, 7) is 3.72. The standard InChI is InChI=1S/C11H19N3O4S/c1-8(4-5-11(15)16)6-12-19(17,18)10-7-14(3)9(2)13-10/h7-8,12H,4-6H2,1-3H3,(H,15,16). The number of rotatable bonds is 7. The molecule has 8 heteroatoms. The molecule has 0 saturated carbocycles. The molecule has 108 valence electrons. The number of aryl methyl sites for hydroxylation is 2. The molecule has 7 nitrogen and oxygen atoms in total. The van der Waals surface area contributed by atoms with Gasteiger partial charge in [0.15, 0.2) is 5.03 Å². The number of aromatic nitrogens is 2. The average Bonchev–Trinajstić information content (AvgIpc) is 2.65. The summed E-state index contributed by atoms with van der Waals surface area (Å²) in [5.41, 5.74) is 0. The third-order valence-electron chi connectivity index (χ3n) is 2.83. The number of carboxylic acids is 1. The Morgan fingerprint density at radius 1 is 1.58 bits per heavy atom. The summed E-state index contributed by atoms with van der Waals surface area (Å²) in [5, 5.41) is 8.53. The van der Waals surface area contributed by atoms with E-state index in [-0.39, 0.29) is 23.9 Å². The van der Waals surface area contributed by atoms with Crippen LogP contribution >= 0.6 is 0 Å². The zero-order valence-corrected chi connectivity index (χ0v) is 12.1. The van der Waals surface area contributed by atoms with Crippen LogP contribution in [0.2, 0.25) is 0 Å². The lowest BCUT2D eigenvalue weighted by Gasteiger charge is -2.10. The summed E-state index contributed by atoms with van der Waals surface area (Å²) in [6.07, 6.45) is 1.91. The van der Waals surface area contributed by atoms with Crippen LogP contribution < -0.4 is 4.72 Å². The number of carbonyl (C=O) groups is 1. The van der Waals surface area contributed by atoms with Crippen LogP contribution in [0.3, 0.4) is 0 Å².